The molecule has 0 fully saturated rings. The first-order valence-corrected chi connectivity index (χ1v) is 8.66. The van der Waals surface area contributed by atoms with Gasteiger partial charge in [0.25, 0.3) is 0 Å². The Labute approximate surface area is 123 Å². The van der Waals surface area contributed by atoms with Crippen LogP contribution in [0.3, 0.4) is 0 Å². The molecule has 0 saturated heterocycles. The number of thiophene rings is 1. The molecule has 1 aromatic heterocycles. The molecule has 4 nitrogen and oxygen atoms in total. The molecule has 0 bridgehead atoms. The molecule has 0 spiro atoms. The highest BCUT2D eigenvalue weighted by molar-refractivity contribution is 7.89. The molecular weight excluding hydrogens is 292 g/mol. The summed E-state index contributed by atoms with van der Waals surface area (Å²) in [6, 6.07) is 8.75. The fourth-order valence-electron chi connectivity index (χ4n) is 2.06. The SMILES string of the molecule is Cc1c(CN)cccc1S(=O)(=O)NC(C)c1cccs1. The van der Waals surface area contributed by atoms with Gasteiger partial charge in [-0.05, 0) is 42.5 Å². The molecule has 108 valence electrons. The standard InChI is InChI=1S/C14H18N2O2S2/c1-10-12(9-15)5-3-7-14(10)20(17,18)16-11(2)13-6-4-8-19-13/h3-8,11,16H,9,15H2,1-2H3. The van der Waals surface area contributed by atoms with Crippen molar-refractivity contribution in [1.82, 2.24) is 4.72 Å². The first-order chi connectivity index (χ1) is 9.45. The molecule has 1 heterocycles. The Morgan fingerprint density at radius 2 is 2.05 bits per heavy atom. The Hall–Kier alpha value is -1.21. The van der Waals surface area contributed by atoms with Crippen LogP contribution in [-0.4, -0.2) is 8.42 Å². The average molecular weight is 310 g/mol. The molecule has 20 heavy (non-hydrogen) atoms. The second kappa shape index (κ2) is 6.05. The van der Waals surface area contributed by atoms with E-state index < -0.39 is 10.0 Å². The molecule has 1 atom stereocenters. The smallest absolute Gasteiger partial charge is 0.241 e. The second-order valence-electron chi connectivity index (χ2n) is 4.60. The normalized spacial score (nSPS) is 13.3. The molecule has 0 aliphatic rings. The van der Waals surface area contributed by atoms with Crippen molar-refractivity contribution in [3.05, 3.63) is 51.7 Å². The van der Waals surface area contributed by atoms with Gasteiger partial charge in [0.05, 0.1) is 10.9 Å². The van der Waals surface area contributed by atoms with Crippen LogP contribution in [-0.2, 0) is 16.6 Å². The fraction of sp³-hybridized carbons (Fsp3) is 0.286. The lowest BCUT2D eigenvalue weighted by molar-refractivity contribution is 0.567. The first kappa shape index (κ1) is 15.2. The third-order valence-electron chi connectivity index (χ3n) is 3.21. The van der Waals surface area contributed by atoms with Gasteiger partial charge in [0.1, 0.15) is 0 Å². The molecular formula is C14H18N2O2S2. The van der Waals surface area contributed by atoms with Crippen LogP contribution in [0.4, 0.5) is 0 Å². The van der Waals surface area contributed by atoms with Crippen LogP contribution in [0.25, 0.3) is 0 Å². The van der Waals surface area contributed by atoms with E-state index in [1.807, 2.05) is 30.5 Å². The predicted molar refractivity (Wildman–Crippen MR) is 82.1 cm³/mol. The Morgan fingerprint density at radius 1 is 1.30 bits per heavy atom. The van der Waals surface area contributed by atoms with Crippen molar-refractivity contribution >= 4 is 21.4 Å². The molecule has 0 amide bonds. The summed E-state index contributed by atoms with van der Waals surface area (Å²) < 4.78 is 27.7. The lowest BCUT2D eigenvalue weighted by Gasteiger charge is -2.15. The predicted octanol–water partition coefficient (Wildman–Crippen LogP) is 2.55. The number of nitrogens with one attached hydrogen (secondary N) is 1. The largest absolute Gasteiger partial charge is 0.326 e. The quantitative estimate of drug-likeness (QED) is 0.891. The maximum Gasteiger partial charge on any atom is 0.241 e. The summed E-state index contributed by atoms with van der Waals surface area (Å²) >= 11 is 1.53. The van der Waals surface area contributed by atoms with E-state index >= 15 is 0 Å². The van der Waals surface area contributed by atoms with Crippen LogP contribution < -0.4 is 10.5 Å². The Balaban J connectivity index is 2.31. The van der Waals surface area contributed by atoms with Crippen LogP contribution in [0.1, 0.15) is 29.0 Å². The van der Waals surface area contributed by atoms with Crippen molar-refractivity contribution in [1.29, 1.82) is 0 Å². The monoisotopic (exact) mass is 310 g/mol. The van der Waals surface area contributed by atoms with E-state index in [1.54, 1.807) is 19.1 Å². The van der Waals surface area contributed by atoms with Gasteiger partial charge in [-0.15, -0.1) is 11.3 Å². The number of sulfonamides is 1. The lowest BCUT2D eigenvalue weighted by atomic mass is 10.1. The summed E-state index contributed by atoms with van der Waals surface area (Å²) in [7, 11) is -3.55. The second-order valence-corrected chi connectivity index (χ2v) is 7.26. The van der Waals surface area contributed by atoms with Crippen LogP contribution >= 0.6 is 11.3 Å². The average Bonchev–Trinajstić information content (AvgIpc) is 2.92. The first-order valence-electron chi connectivity index (χ1n) is 6.30. The zero-order valence-electron chi connectivity index (χ0n) is 11.5. The van der Waals surface area contributed by atoms with E-state index in [9.17, 15) is 8.42 Å². The third-order valence-corrected chi connectivity index (χ3v) is 5.95. The molecule has 0 saturated carbocycles. The van der Waals surface area contributed by atoms with Gasteiger partial charge >= 0.3 is 0 Å². The van der Waals surface area contributed by atoms with Crippen molar-refractivity contribution in [2.45, 2.75) is 31.3 Å². The zero-order valence-corrected chi connectivity index (χ0v) is 13.1. The van der Waals surface area contributed by atoms with Crippen molar-refractivity contribution < 1.29 is 8.42 Å². The van der Waals surface area contributed by atoms with Crippen molar-refractivity contribution in [2.75, 3.05) is 0 Å². The van der Waals surface area contributed by atoms with E-state index in [0.717, 1.165) is 10.4 Å². The molecule has 6 heteroatoms. The van der Waals surface area contributed by atoms with E-state index in [2.05, 4.69) is 4.72 Å². The lowest BCUT2D eigenvalue weighted by Crippen LogP contribution is -2.27. The van der Waals surface area contributed by atoms with Gasteiger partial charge in [-0.1, -0.05) is 18.2 Å². The fourth-order valence-corrected chi connectivity index (χ4v) is 4.38. The molecule has 0 aliphatic heterocycles. The Morgan fingerprint density at radius 3 is 2.65 bits per heavy atom. The number of hydrogen-bond donors (Lipinski definition) is 2. The summed E-state index contributed by atoms with van der Waals surface area (Å²) in [5.41, 5.74) is 7.18. The summed E-state index contributed by atoms with van der Waals surface area (Å²) in [6.07, 6.45) is 0. The summed E-state index contributed by atoms with van der Waals surface area (Å²) in [5.74, 6) is 0. The molecule has 2 aromatic rings. The molecule has 0 aliphatic carbocycles. The van der Waals surface area contributed by atoms with Gasteiger partial charge in [-0.3, -0.25) is 0 Å². The van der Waals surface area contributed by atoms with Crippen LogP contribution in [0.5, 0.6) is 0 Å². The van der Waals surface area contributed by atoms with Crippen molar-refractivity contribution in [2.24, 2.45) is 5.73 Å². The third kappa shape index (κ3) is 3.09. The van der Waals surface area contributed by atoms with Gasteiger partial charge in [0.15, 0.2) is 0 Å². The van der Waals surface area contributed by atoms with Gasteiger partial charge < -0.3 is 5.73 Å². The summed E-state index contributed by atoms with van der Waals surface area (Å²) in [6.45, 7) is 3.95. The number of rotatable bonds is 5. The molecule has 3 N–H and O–H groups in total. The summed E-state index contributed by atoms with van der Waals surface area (Å²) in [5, 5.41) is 1.93. The highest BCUT2D eigenvalue weighted by Gasteiger charge is 2.21. The Bertz CT molecular complexity index is 679. The van der Waals surface area contributed by atoms with Gasteiger partial charge in [-0.25, -0.2) is 13.1 Å². The maximum atomic E-state index is 12.5. The minimum atomic E-state index is -3.55. The van der Waals surface area contributed by atoms with Crippen LogP contribution in [0.2, 0.25) is 0 Å². The van der Waals surface area contributed by atoms with Crippen LogP contribution in [0, 0.1) is 6.92 Å². The number of benzene rings is 1. The highest BCUT2D eigenvalue weighted by atomic mass is 32.2. The van der Waals surface area contributed by atoms with Crippen molar-refractivity contribution in [3.8, 4) is 0 Å². The molecule has 0 radical (unpaired) electrons. The Kier molecular flexibility index (Phi) is 4.59. The zero-order chi connectivity index (χ0) is 14.8. The van der Waals surface area contributed by atoms with Gasteiger partial charge in [0.2, 0.25) is 10.0 Å². The summed E-state index contributed by atoms with van der Waals surface area (Å²) in [4.78, 5) is 1.28. The van der Waals surface area contributed by atoms with E-state index in [-0.39, 0.29) is 6.04 Å². The van der Waals surface area contributed by atoms with E-state index in [0.29, 0.717) is 17.0 Å². The molecule has 1 aromatic carbocycles. The minimum Gasteiger partial charge on any atom is -0.326 e. The van der Waals surface area contributed by atoms with Gasteiger partial charge in [-0.2, -0.15) is 0 Å². The van der Waals surface area contributed by atoms with Crippen molar-refractivity contribution in [3.63, 3.8) is 0 Å². The maximum absolute atomic E-state index is 12.5. The van der Waals surface area contributed by atoms with E-state index in [4.69, 9.17) is 5.73 Å². The highest BCUT2D eigenvalue weighted by Crippen LogP contribution is 2.23. The van der Waals surface area contributed by atoms with E-state index in [1.165, 1.54) is 11.3 Å². The van der Waals surface area contributed by atoms with Crippen LogP contribution in [0.15, 0.2) is 40.6 Å². The topological polar surface area (TPSA) is 72.2 Å². The number of hydrogen-bond acceptors (Lipinski definition) is 4. The van der Waals surface area contributed by atoms with Gasteiger partial charge in [0, 0.05) is 11.4 Å². The molecule has 2 rings (SSSR count). The molecule has 1 unspecified atom stereocenters. The minimum absolute atomic E-state index is 0.249. The number of nitrogens with two attached hydrogens (primary N) is 1.